The summed E-state index contributed by atoms with van der Waals surface area (Å²) in [7, 11) is -4.70. The van der Waals surface area contributed by atoms with E-state index in [-0.39, 0.29) is 46.5 Å². The van der Waals surface area contributed by atoms with Crippen molar-refractivity contribution >= 4 is 33.6 Å². The maximum absolute atomic E-state index is 11.3. The van der Waals surface area contributed by atoms with E-state index in [2.05, 4.69) is 0 Å². The van der Waals surface area contributed by atoms with Crippen LogP contribution < -0.4 is 41.0 Å². The summed E-state index contributed by atoms with van der Waals surface area (Å²) in [6.45, 7) is 0. The van der Waals surface area contributed by atoms with E-state index >= 15 is 0 Å². The van der Waals surface area contributed by atoms with Crippen molar-refractivity contribution < 1.29 is 42.5 Å². The summed E-state index contributed by atoms with van der Waals surface area (Å²) in [5, 5.41) is 0. The third kappa shape index (κ3) is 4.33. The van der Waals surface area contributed by atoms with Gasteiger partial charge in [0.25, 0.3) is 0 Å². The van der Waals surface area contributed by atoms with E-state index in [1.54, 1.807) is 6.08 Å². The molecule has 7 heteroatoms. The summed E-state index contributed by atoms with van der Waals surface area (Å²) in [5.41, 5.74) is 12.1. The first-order valence-electron chi connectivity index (χ1n) is 5.76. The van der Waals surface area contributed by atoms with Crippen LogP contribution in [0.3, 0.4) is 0 Å². The fraction of sp³-hybridized carbons (Fsp3) is 0. The van der Waals surface area contributed by atoms with Crippen LogP contribution in [0.25, 0.3) is 12.2 Å². The molecule has 0 unspecified atom stereocenters. The van der Waals surface area contributed by atoms with Gasteiger partial charge in [-0.3, -0.25) is 0 Å². The number of hydrogen-bond acceptors (Lipinski definition) is 5. The average Bonchev–Trinajstić information content (AvgIpc) is 2.40. The zero-order chi connectivity index (χ0) is 14.8. The molecule has 0 aliphatic rings. The van der Waals surface area contributed by atoms with Gasteiger partial charge in [0.2, 0.25) is 0 Å². The van der Waals surface area contributed by atoms with Crippen molar-refractivity contribution in [1.82, 2.24) is 0 Å². The Morgan fingerprint density at radius 3 is 2.14 bits per heavy atom. The van der Waals surface area contributed by atoms with Crippen LogP contribution in [-0.4, -0.2) is 13.0 Å². The Bertz CT molecular complexity index is 759. The quantitative estimate of drug-likeness (QED) is 0.325. The Morgan fingerprint density at radius 1 is 0.952 bits per heavy atom. The zero-order valence-corrected chi connectivity index (χ0v) is 14.3. The molecule has 0 heterocycles. The number of nitrogens with two attached hydrogens (primary N) is 2. The molecule has 0 fully saturated rings. The van der Waals surface area contributed by atoms with Crippen molar-refractivity contribution in [3.05, 3.63) is 53.6 Å². The second-order valence-corrected chi connectivity index (χ2v) is 5.50. The molecule has 4 N–H and O–H groups in total. The SMILES string of the molecule is Nc1ccc(C=Cc2ccccc2)c(S(=O)(=O)[O-])c1N.[Na+]. The van der Waals surface area contributed by atoms with Crippen LogP contribution in [0.4, 0.5) is 11.4 Å². The Kier molecular flexibility index (Phi) is 6.00. The monoisotopic (exact) mass is 312 g/mol. The predicted molar refractivity (Wildman–Crippen MR) is 78.6 cm³/mol. The minimum Gasteiger partial charge on any atom is -0.744 e. The predicted octanol–water partition coefficient (Wildman–Crippen LogP) is -1.07. The molecule has 0 bridgehead atoms. The number of rotatable bonds is 3. The average molecular weight is 312 g/mol. The Balaban J connectivity index is 0.00000220. The summed E-state index contributed by atoms with van der Waals surface area (Å²) in [5.74, 6) is 0. The van der Waals surface area contributed by atoms with Gasteiger partial charge in [-0.25, -0.2) is 8.42 Å². The van der Waals surface area contributed by atoms with E-state index in [9.17, 15) is 13.0 Å². The van der Waals surface area contributed by atoms with Gasteiger partial charge in [0, 0.05) is 0 Å². The molecule has 5 nitrogen and oxygen atoms in total. The Hall–Kier alpha value is -1.31. The number of anilines is 2. The van der Waals surface area contributed by atoms with E-state index < -0.39 is 15.0 Å². The standard InChI is InChI=1S/C14H14N2O3S.Na/c15-12-9-8-11(14(13(12)16)20(17,18)19)7-6-10-4-2-1-3-5-10;/h1-9H,15-16H2,(H,17,18,19);/q;+1/p-1. The van der Waals surface area contributed by atoms with Crippen molar-refractivity contribution in [2.24, 2.45) is 0 Å². The van der Waals surface area contributed by atoms with Crippen molar-refractivity contribution in [3.63, 3.8) is 0 Å². The number of hydrogen-bond donors (Lipinski definition) is 2. The van der Waals surface area contributed by atoms with Gasteiger partial charge in [-0.05, 0) is 17.2 Å². The summed E-state index contributed by atoms with van der Waals surface area (Å²) in [6, 6.07) is 12.2. The molecule has 21 heavy (non-hydrogen) atoms. The van der Waals surface area contributed by atoms with Gasteiger partial charge in [0.15, 0.2) is 0 Å². The summed E-state index contributed by atoms with van der Waals surface area (Å²) in [4.78, 5) is -0.482. The summed E-state index contributed by atoms with van der Waals surface area (Å²) < 4.78 is 33.9. The second-order valence-electron chi connectivity index (χ2n) is 4.18. The fourth-order valence-electron chi connectivity index (χ4n) is 1.79. The van der Waals surface area contributed by atoms with Crippen LogP contribution in [0, 0.1) is 0 Å². The van der Waals surface area contributed by atoms with E-state index in [0.29, 0.717) is 0 Å². The third-order valence-electron chi connectivity index (χ3n) is 2.77. The summed E-state index contributed by atoms with van der Waals surface area (Å²) >= 11 is 0. The Labute approximate surface area is 145 Å². The smallest absolute Gasteiger partial charge is 0.744 e. The molecule has 0 spiro atoms. The van der Waals surface area contributed by atoms with Crippen LogP contribution in [0.15, 0.2) is 47.4 Å². The second kappa shape index (κ2) is 7.11. The molecule has 0 aliphatic heterocycles. The number of benzene rings is 2. The van der Waals surface area contributed by atoms with Gasteiger partial charge < -0.3 is 16.0 Å². The van der Waals surface area contributed by atoms with Gasteiger partial charge in [-0.15, -0.1) is 0 Å². The van der Waals surface area contributed by atoms with Crippen LogP contribution in [-0.2, 0) is 10.1 Å². The van der Waals surface area contributed by atoms with Gasteiger partial charge in [0.05, 0.1) is 16.3 Å². The molecule has 2 aromatic rings. The van der Waals surface area contributed by atoms with Crippen LogP contribution >= 0.6 is 0 Å². The molecule has 104 valence electrons. The van der Waals surface area contributed by atoms with Crippen LogP contribution in [0.5, 0.6) is 0 Å². The third-order valence-corrected chi connectivity index (χ3v) is 3.72. The molecule has 0 radical (unpaired) electrons. The van der Waals surface area contributed by atoms with E-state index in [1.165, 1.54) is 18.2 Å². The molecular weight excluding hydrogens is 299 g/mol. The van der Waals surface area contributed by atoms with Crippen molar-refractivity contribution in [3.8, 4) is 0 Å². The fourth-order valence-corrected chi connectivity index (χ4v) is 2.60. The maximum Gasteiger partial charge on any atom is 1.00 e. The molecule has 0 atom stereocenters. The van der Waals surface area contributed by atoms with Crippen molar-refractivity contribution in [2.45, 2.75) is 4.90 Å². The van der Waals surface area contributed by atoms with Gasteiger partial charge in [-0.2, -0.15) is 0 Å². The molecule has 0 aliphatic carbocycles. The summed E-state index contributed by atoms with van der Waals surface area (Å²) in [6.07, 6.45) is 3.22. The van der Waals surface area contributed by atoms with E-state index in [0.717, 1.165) is 5.56 Å². The van der Waals surface area contributed by atoms with E-state index in [1.807, 2.05) is 30.3 Å². The molecule has 2 aromatic carbocycles. The maximum atomic E-state index is 11.3. The zero-order valence-electron chi connectivity index (χ0n) is 11.5. The molecule has 0 saturated heterocycles. The topological polar surface area (TPSA) is 109 Å². The largest absolute Gasteiger partial charge is 1.00 e. The van der Waals surface area contributed by atoms with E-state index in [4.69, 9.17) is 11.5 Å². The first kappa shape index (κ1) is 17.7. The first-order chi connectivity index (χ1) is 9.39. The van der Waals surface area contributed by atoms with Gasteiger partial charge in [-0.1, -0.05) is 48.6 Å². The number of nitrogen functional groups attached to an aromatic ring is 2. The normalized spacial score (nSPS) is 11.3. The van der Waals surface area contributed by atoms with Crippen LogP contribution in [0.1, 0.15) is 11.1 Å². The first-order valence-corrected chi connectivity index (χ1v) is 7.17. The van der Waals surface area contributed by atoms with Crippen molar-refractivity contribution in [2.75, 3.05) is 11.5 Å². The Morgan fingerprint density at radius 2 is 1.57 bits per heavy atom. The van der Waals surface area contributed by atoms with Crippen molar-refractivity contribution in [1.29, 1.82) is 0 Å². The molecule has 0 saturated carbocycles. The molecule has 0 amide bonds. The molecule has 2 rings (SSSR count). The molecular formula is C14H13N2NaO3S. The minimum atomic E-state index is -4.70. The van der Waals surface area contributed by atoms with Gasteiger partial charge in [0.1, 0.15) is 10.1 Å². The molecule has 0 aromatic heterocycles. The van der Waals surface area contributed by atoms with Crippen LogP contribution in [0.2, 0.25) is 0 Å². The van der Waals surface area contributed by atoms with Gasteiger partial charge >= 0.3 is 29.6 Å². The minimum absolute atomic E-state index is 0.